The van der Waals surface area contributed by atoms with Crippen LogP contribution in [0.15, 0.2) is 42.6 Å². The molecular formula is C15H16N2O3. The van der Waals surface area contributed by atoms with E-state index in [1.807, 2.05) is 12.1 Å². The van der Waals surface area contributed by atoms with E-state index >= 15 is 0 Å². The summed E-state index contributed by atoms with van der Waals surface area (Å²) in [6.07, 6.45) is 1.52. The molecule has 1 heterocycles. The van der Waals surface area contributed by atoms with Crippen molar-refractivity contribution in [2.75, 3.05) is 14.1 Å². The number of hydrogen-bond acceptors (Lipinski definition) is 4. The van der Waals surface area contributed by atoms with Gasteiger partial charge in [-0.2, -0.15) is 0 Å². The first-order chi connectivity index (χ1) is 9.61. The Kier molecular flexibility index (Phi) is 4.32. The standard InChI is InChI=1S/C15H16N2O3/c1-17(2)15(19)13-9-12(7-8-16-13)20-14-6-4-3-5-11(14)10-18/h3-9,18H,10H2,1-2H3. The van der Waals surface area contributed by atoms with Gasteiger partial charge in [-0.15, -0.1) is 0 Å². The maximum Gasteiger partial charge on any atom is 0.272 e. The lowest BCUT2D eigenvalue weighted by Crippen LogP contribution is -2.22. The Morgan fingerprint density at radius 2 is 2.05 bits per heavy atom. The molecule has 0 saturated carbocycles. The Labute approximate surface area is 117 Å². The van der Waals surface area contributed by atoms with Gasteiger partial charge in [-0.25, -0.2) is 0 Å². The lowest BCUT2D eigenvalue weighted by molar-refractivity contribution is 0.0821. The van der Waals surface area contributed by atoms with Crippen LogP contribution in [0.2, 0.25) is 0 Å². The summed E-state index contributed by atoms with van der Waals surface area (Å²) in [5.41, 5.74) is 0.999. The van der Waals surface area contributed by atoms with Crippen LogP contribution in [0.3, 0.4) is 0 Å². The largest absolute Gasteiger partial charge is 0.457 e. The molecule has 104 valence electrons. The molecule has 1 aromatic heterocycles. The van der Waals surface area contributed by atoms with Gasteiger partial charge in [0, 0.05) is 31.9 Å². The van der Waals surface area contributed by atoms with E-state index in [0.29, 0.717) is 22.8 Å². The van der Waals surface area contributed by atoms with E-state index in [4.69, 9.17) is 4.74 Å². The van der Waals surface area contributed by atoms with Crippen LogP contribution in [0.4, 0.5) is 0 Å². The first kappa shape index (κ1) is 14.0. The Hall–Kier alpha value is -2.40. The highest BCUT2D eigenvalue weighted by atomic mass is 16.5. The summed E-state index contributed by atoms with van der Waals surface area (Å²) in [6, 6.07) is 10.4. The SMILES string of the molecule is CN(C)C(=O)c1cc(Oc2ccccc2CO)ccn1. The van der Waals surface area contributed by atoms with E-state index in [0.717, 1.165) is 0 Å². The van der Waals surface area contributed by atoms with Gasteiger partial charge in [-0.05, 0) is 12.1 Å². The van der Waals surface area contributed by atoms with Gasteiger partial charge in [0.2, 0.25) is 0 Å². The maximum atomic E-state index is 11.8. The third-order valence-electron chi connectivity index (χ3n) is 2.73. The van der Waals surface area contributed by atoms with Gasteiger partial charge in [-0.1, -0.05) is 18.2 Å². The molecule has 0 spiro atoms. The number of nitrogens with zero attached hydrogens (tertiary/aromatic N) is 2. The predicted octanol–water partition coefficient (Wildman–Crippen LogP) is 2.07. The number of amides is 1. The molecule has 0 aliphatic rings. The fourth-order valence-electron chi connectivity index (χ4n) is 1.68. The normalized spacial score (nSPS) is 10.2. The minimum atomic E-state index is -0.189. The predicted molar refractivity (Wildman–Crippen MR) is 74.7 cm³/mol. The minimum Gasteiger partial charge on any atom is -0.457 e. The number of aliphatic hydroxyl groups is 1. The number of benzene rings is 1. The fourth-order valence-corrected chi connectivity index (χ4v) is 1.68. The highest BCUT2D eigenvalue weighted by Gasteiger charge is 2.11. The van der Waals surface area contributed by atoms with Crippen LogP contribution in [0.25, 0.3) is 0 Å². The smallest absolute Gasteiger partial charge is 0.272 e. The third-order valence-corrected chi connectivity index (χ3v) is 2.73. The molecule has 1 aromatic carbocycles. The highest BCUT2D eigenvalue weighted by Crippen LogP contribution is 2.25. The third kappa shape index (κ3) is 3.13. The van der Waals surface area contributed by atoms with E-state index in [1.54, 1.807) is 38.4 Å². The molecule has 1 N–H and O–H groups in total. The van der Waals surface area contributed by atoms with Crippen molar-refractivity contribution in [3.63, 3.8) is 0 Å². The molecule has 2 rings (SSSR count). The zero-order valence-electron chi connectivity index (χ0n) is 11.4. The summed E-state index contributed by atoms with van der Waals surface area (Å²) in [6.45, 7) is -0.106. The topological polar surface area (TPSA) is 62.7 Å². The van der Waals surface area contributed by atoms with Gasteiger partial charge in [-0.3, -0.25) is 9.78 Å². The Bertz CT molecular complexity index is 612. The highest BCUT2D eigenvalue weighted by molar-refractivity contribution is 5.92. The number of aromatic nitrogens is 1. The molecule has 0 bridgehead atoms. The second-order valence-corrected chi connectivity index (χ2v) is 4.44. The fraction of sp³-hybridized carbons (Fsp3) is 0.200. The number of rotatable bonds is 4. The Balaban J connectivity index is 2.26. The van der Waals surface area contributed by atoms with Crippen molar-refractivity contribution in [2.24, 2.45) is 0 Å². The summed E-state index contributed by atoms with van der Waals surface area (Å²) in [5.74, 6) is 0.876. The minimum absolute atomic E-state index is 0.106. The van der Waals surface area contributed by atoms with Crippen LogP contribution in [0, 0.1) is 0 Å². The van der Waals surface area contributed by atoms with Gasteiger partial charge < -0.3 is 14.7 Å². The number of aliphatic hydroxyl groups excluding tert-OH is 1. The van der Waals surface area contributed by atoms with Gasteiger partial charge in [0.15, 0.2) is 0 Å². The zero-order chi connectivity index (χ0) is 14.5. The number of carbonyl (C=O) groups excluding carboxylic acids is 1. The summed E-state index contributed by atoms with van der Waals surface area (Å²) in [4.78, 5) is 17.3. The first-order valence-electron chi connectivity index (χ1n) is 6.16. The molecule has 20 heavy (non-hydrogen) atoms. The molecule has 1 amide bonds. The molecule has 2 aromatic rings. The van der Waals surface area contributed by atoms with E-state index in [-0.39, 0.29) is 12.5 Å². The summed E-state index contributed by atoms with van der Waals surface area (Å²) < 4.78 is 5.70. The van der Waals surface area contributed by atoms with Crippen LogP contribution in [-0.4, -0.2) is 35.0 Å². The molecule has 5 nitrogen and oxygen atoms in total. The first-order valence-corrected chi connectivity index (χ1v) is 6.16. The van der Waals surface area contributed by atoms with Gasteiger partial charge in [0.05, 0.1) is 6.61 Å². The molecule has 0 atom stereocenters. The molecule has 0 radical (unpaired) electrons. The number of para-hydroxylation sites is 1. The number of pyridine rings is 1. The van der Waals surface area contributed by atoms with Crippen LogP contribution >= 0.6 is 0 Å². The number of carbonyl (C=O) groups is 1. The van der Waals surface area contributed by atoms with E-state index < -0.39 is 0 Å². The number of hydrogen-bond donors (Lipinski definition) is 1. The summed E-state index contributed by atoms with van der Waals surface area (Å²) >= 11 is 0. The van der Waals surface area contributed by atoms with Crippen molar-refractivity contribution in [2.45, 2.75) is 6.61 Å². The van der Waals surface area contributed by atoms with Crippen molar-refractivity contribution in [1.29, 1.82) is 0 Å². The second-order valence-electron chi connectivity index (χ2n) is 4.44. The monoisotopic (exact) mass is 272 g/mol. The Morgan fingerprint density at radius 3 is 2.75 bits per heavy atom. The van der Waals surface area contributed by atoms with E-state index in [1.165, 1.54) is 11.1 Å². The van der Waals surface area contributed by atoms with Crippen LogP contribution < -0.4 is 4.74 Å². The van der Waals surface area contributed by atoms with E-state index in [9.17, 15) is 9.90 Å². The average molecular weight is 272 g/mol. The summed E-state index contributed by atoms with van der Waals surface area (Å²) in [7, 11) is 3.33. The van der Waals surface area contributed by atoms with Crippen LogP contribution in [0.1, 0.15) is 16.1 Å². The summed E-state index contributed by atoms with van der Waals surface area (Å²) in [5, 5.41) is 9.26. The second kappa shape index (κ2) is 6.16. The van der Waals surface area contributed by atoms with Crippen molar-refractivity contribution < 1.29 is 14.6 Å². The van der Waals surface area contributed by atoms with Gasteiger partial charge in [0.1, 0.15) is 17.2 Å². The lowest BCUT2D eigenvalue weighted by atomic mass is 10.2. The molecule has 0 aliphatic carbocycles. The molecule has 0 unspecified atom stereocenters. The van der Waals surface area contributed by atoms with Crippen LogP contribution in [0.5, 0.6) is 11.5 Å². The quantitative estimate of drug-likeness (QED) is 0.925. The molecule has 5 heteroatoms. The molecular weight excluding hydrogens is 256 g/mol. The molecule has 0 aliphatic heterocycles. The lowest BCUT2D eigenvalue weighted by Gasteiger charge is -2.12. The maximum absolute atomic E-state index is 11.8. The zero-order valence-corrected chi connectivity index (χ0v) is 11.4. The van der Waals surface area contributed by atoms with Gasteiger partial charge >= 0.3 is 0 Å². The van der Waals surface area contributed by atoms with Crippen molar-refractivity contribution in [1.82, 2.24) is 9.88 Å². The molecule has 0 saturated heterocycles. The Morgan fingerprint density at radius 1 is 1.30 bits per heavy atom. The van der Waals surface area contributed by atoms with Crippen molar-refractivity contribution >= 4 is 5.91 Å². The molecule has 0 fully saturated rings. The average Bonchev–Trinajstić information content (AvgIpc) is 2.47. The van der Waals surface area contributed by atoms with E-state index in [2.05, 4.69) is 4.98 Å². The van der Waals surface area contributed by atoms with Crippen LogP contribution in [-0.2, 0) is 6.61 Å². The number of ether oxygens (including phenoxy) is 1. The van der Waals surface area contributed by atoms with Gasteiger partial charge in [0.25, 0.3) is 5.91 Å². The van der Waals surface area contributed by atoms with Crippen molar-refractivity contribution in [3.05, 3.63) is 53.9 Å². The van der Waals surface area contributed by atoms with Crippen molar-refractivity contribution in [3.8, 4) is 11.5 Å².